The molecule has 0 aliphatic rings. The zero-order chi connectivity index (χ0) is 6.41. The molecule has 0 spiro atoms. The van der Waals surface area contributed by atoms with Gasteiger partial charge in [0.2, 0.25) is 0 Å². The maximum absolute atomic E-state index is 9.49. The van der Waals surface area contributed by atoms with Crippen molar-refractivity contribution in [2.45, 2.75) is 19.4 Å². The third kappa shape index (κ3) is 3.61. The van der Waals surface area contributed by atoms with E-state index < -0.39 is 6.10 Å². The minimum Gasteiger partial charge on any atom is -0.465 e. The van der Waals surface area contributed by atoms with Crippen LogP contribution in [-0.2, 0) is 9.53 Å². The molecular weight excluding hydrogens is 108 g/mol. The Balaban J connectivity index is 2.97. The first-order valence-electron chi connectivity index (χ1n) is 2.54. The van der Waals surface area contributed by atoms with E-state index in [1.165, 1.54) is 0 Å². The molecule has 0 saturated heterocycles. The van der Waals surface area contributed by atoms with Gasteiger partial charge in [-0.15, -0.1) is 0 Å². The highest BCUT2D eigenvalue weighted by Gasteiger charge is 1.97. The van der Waals surface area contributed by atoms with E-state index in [1.807, 2.05) is 6.92 Å². The standard InChI is InChI=1S/C5H10O3/c1-2-5(7)3-8-4-6/h4-5,7H,2-3H2,1H3. The van der Waals surface area contributed by atoms with Gasteiger partial charge >= 0.3 is 0 Å². The average molecular weight is 118 g/mol. The number of ether oxygens (including phenoxy) is 1. The molecule has 0 heterocycles. The van der Waals surface area contributed by atoms with Crippen LogP contribution in [0.2, 0.25) is 0 Å². The van der Waals surface area contributed by atoms with Crippen molar-refractivity contribution in [2.24, 2.45) is 0 Å². The first-order chi connectivity index (χ1) is 3.81. The Bertz CT molecular complexity index is 62.7. The molecule has 1 atom stereocenters. The smallest absolute Gasteiger partial charge is 0.293 e. The summed E-state index contributed by atoms with van der Waals surface area (Å²) in [5, 5.41) is 8.71. The highest BCUT2D eigenvalue weighted by molar-refractivity contribution is 5.36. The number of hydrogen-bond donors (Lipinski definition) is 1. The van der Waals surface area contributed by atoms with E-state index in [1.54, 1.807) is 0 Å². The number of carbonyl (C=O) groups excluding carboxylic acids is 1. The SMILES string of the molecule is CCC(O)COC=O. The van der Waals surface area contributed by atoms with E-state index in [2.05, 4.69) is 4.74 Å². The van der Waals surface area contributed by atoms with Crippen LogP contribution in [0.5, 0.6) is 0 Å². The third-order valence-electron chi connectivity index (χ3n) is 0.828. The molecule has 3 heteroatoms. The Morgan fingerprint density at radius 2 is 2.50 bits per heavy atom. The molecule has 3 nitrogen and oxygen atoms in total. The average Bonchev–Trinajstić information content (AvgIpc) is 1.83. The van der Waals surface area contributed by atoms with Gasteiger partial charge in [0.15, 0.2) is 0 Å². The van der Waals surface area contributed by atoms with Gasteiger partial charge in [-0.05, 0) is 6.42 Å². The molecule has 0 radical (unpaired) electrons. The second-order valence-electron chi connectivity index (χ2n) is 1.49. The Morgan fingerprint density at radius 3 is 2.88 bits per heavy atom. The Kier molecular flexibility index (Phi) is 4.26. The zero-order valence-electron chi connectivity index (χ0n) is 4.83. The number of rotatable bonds is 4. The fourth-order valence-corrected chi connectivity index (χ4v) is 0.268. The second kappa shape index (κ2) is 4.59. The van der Waals surface area contributed by atoms with E-state index in [-0.39, 0.29) is 6.61 Å². The largest absolute Gasteiger partial charge is 0.465 e. The summed E-state index contributed by atoms with van der Waals surface area (Å²) < 4.78 is 4.26. The summed E-state index contributed by atoms with van der Waals surface area (Å²) in [5.74, 6) is 0. The van der Waals surface area contributed by atoms with E-state index in [4.69, 9.17) is 5.11 Å². The number of hydrogen-bond acceptors (Lipinski definition) is 3. The lowest BCUT2D eigenvalue weighted by Gasteiger charge is -2.02. The predicted octanol–water partition coefficient (Wildman–Crippen LogP) is -0.0697. The molecule has 0 bridgehead atoms. The number of aliphatic hydroxyl groups is 1. The Morgan fingerprint density at radius 1 is 1.88 bits per heavy atom. The van der Waals surface area contributed by atoms with Gasteiger partial charge in [0.1, 0.15) is 6.61 Å². The molecule has 0 amide bonds. The maximum atomic E-state index is 9.49. The summed E-state index contributed by atoms with van der Waals surface area (Å²) in [4.78, 5) is 9.49. The third-order valence-corrected chi connectivity index (χ3v) is 0.828. The van der Waals surface area contributed by atoms with Crippen LogP contribution in [0.1, 0.15) is 13.3 Å². The van der Waals surface area contributed by atoms with Crippen LogP contribution < -0.4 is 0 Å². The van der Waals surface area contributed by atoms with Crippen molar-refractivity contribution in [3.63, 3.8) is 0 Å². The van der Waals surface area contributed by atoms with Crippen molar-refractivity contribution in [2.75, 3.05) is 6.61 Å². The van der Waals surface area contributed by atoms with Crippen LogP contribution in [0.3, 0.4) is 0 Å². The number of carbonyl (C=O) groups is 1. The van der Waals surface area contributed by atoms with Gasteiger partial charge in [0.25, 0.3) is 6.47 Å². The molecule has 0 rings (SSSR count). The lowest BCUT2D eigenvalue weighted by atomic mass is 10.3. The highest BCUT2D eigenvalue weighted by atomic mass is 16.5. The molecule has 48 valence electrons. The summed E-state index contributed by atoms with van der Waals surface area (Å²) in [5.41, 5.74) is 0. The minimum absolute atomic E-state index is 0.111. The maximum Gasteiger partial charge on any atom is 0.293 e. The molecule has 0 aliphatic heterocycles. The molecular formula is C5H10O3. The molecule has 0 saturated carbocycles. The topological polar surface area (TPSA) is 46.5 Å². The summed E-state index contributed by atoms with van der Waals surface area (Å²) >= 11 is 0. The monoisotopic (exact) mass is 118 g/mol. The van der Waals surface area contributed by atoms with Crippen LogP contribution >= 0.6 is 0 Å². The lowest BCUT2D eigenvalue weighted by molar-refractivity contribution is -0.131. The summed E-state index contributed by atoms with van der Waals surface area (Å²) in [6.45, 7) is 2.26. The van der Waals surface area contributed by atoms with Crippen LogP contribution in [0.4, 0.5) is 0 Å². The van der Waals surface area contributed by atoms with E-state index in [0.29, 0.717) is 12.9 Å². The molecule has 8 heavy (non-hydrogen) atoms. The summed E-state index contributed by atoms with van der Waals surface area (Å²) in [6.07, 6.45) is 0.119. The lowest BCUT2D eigenvalue weighted by Crippen LogP contribution is -2.12. The van der Waals surface area contributed by atoms with Gasteiger partial charge in [-0.3, -0.25) is 4.79 Å². The van der Waals surface area contributed by atoms with Crippen LogP contribution in [-0.4, -0.2) is 24.3 Å². The van der Waals surface area contributed by atoms with Gasteiger partial charge in [0.05, 0.1) is 6.10 Å². The fourth-order valence-electron chi connectivity index (χ4n) is 0.268. The summed E-state index contributed by atoms with van der Waals surface area (Å²) in [7, 11) is 0. The first-order valence-corrected chi connectivity index (χ1v) is 2.54. The molecule has 0 aromatic carbocycles. The molecule has 1 N–H and O–H groups in total. The zero-order valence-corrected chi connectivity index (χ0v) is 4.83. The van der Waals surface area contributed by atoms with Crippen molar-refractivity contribution in [3.8, 4) is 0 Å². The Hall–Kier alpha value is -0.570. The van der Waals surface area contributed by atoms with Gasteiger partial charge in [0, 0.05) is 0 Å². The normalized spacial score (nSPS) is 12.8. The van der Waals surface area contributed by atoms with E-state index in [0.717, 1.165) is 0 Å². The van der Waals surface area contributed by atoms with Gasteiger partial charge in [-0.1, -0.05) is 6.92 Å². The summed E-state index contributed by atoms with van der Waals surface area (Å²) in [6, 6.07) is 0. The quantitative estimate of drug-likeness (QED) is 0.525. The molecule has 0 aliphatic carbocycles. The van der Waals surface area contributed by atoms with Crippen molar-refractivity contribution >= 4 is 6.47 Å². The van der Waals surface area contributed by atoms with Crippen LogP contribution in [0.25, 0.3) is 0 Å². The van der Waals surface area contributed by atoms with Crippen LogP contribution in [0, 0.1) is 0 Å². The van der Waals surface area contributed by atoms with Crippen molar-refractivity contribution < 1.29 is 14.6 Å². The Labute approximate surface area is 48.3 Å². The predicted molar refractivity (Wildman–Crippen MR) is 28.3 cm³/mol. The van der Waals surface area contributed by atoms with E-state index >= 15 is 0 Å². The molecule has 0 aromatic heterocycles. The fraction of sp³-hybridized carbons (Fsp3) is 0.800. The van der Waals surface area contributed by atoms with Gasteiger partial charge in [-0.2, -0.15) is 0 Å². The molecule has 1 unspecified atom stereocenters. The van der Waals surface area contributed by atoms with Crippen LogP contribution in [0.15, 0.2) is 0 Å². The van der Waals surface area contributed by atoms with Gasteiger partial charge < -0.3 is 9.84 Å². The number of aliphatic hydroxyl groups excluding tert-OH is 1. The highest BCUT2D eigenvalue weighted by Crippen LogP contribution is 1.87. The van der Waals surface area contributed by atoms with E-state index in [9.17, 15) is 4.79 Å². The van der Waals surface area contributed by atoms with Crippen molar-refractivity contribution in [1.82, 2.24) is 0 Å². The van der Waals surface area contributed by atoms with Gasteiger partial charge in [-0.25, -0.2) is 0 Å². The second-order valence-corrected chi connectivity index (χ2v) is 1.49. The molecule has 0 fully saturated rings. The van der Waals surface area contributed by atoms with Crippen molar-refractivity contribution in [1.29, 1.82) is 0 Å². The van der Waals surface area contributed by atoms with Crippen molar-refractivity contribution in [3.05, 3.63) is 0 Å². The molecule has 0 aromatic rings. The minimum atomic E-state index is -0.500. The first kappa shape index (κ1) is 7.43.